The molecule has 9 heteroatoms. The van der Waals surface area contributed by atoms with E-state index in [-0.39, 0.29) is 18.2 Å². The van der Waals surface area contributed by atoms with Gasteiger partial charge >= 0.3 is 12.1 Å². The summed E-state index contributed by atoms with van der Waals surface area (Å²) < 4.78 is 10.4. The number of morpholine rings is 1. The number of piperidine rings is 1. The van der Waals surface area contributed by atoms with Gasteiger partial charge in [0.25, 0.3) is 0 Å². The molecule has 154 valence electrons. The average molecular weight is 411 g/mol. The molecule has 28 heavy (non-hydrogen) atoms. The number of carbonyl (C=O) groups excluding carboxylic acids is 2. The minimum absolute atomic E-state index is 0.0108. The lowest BCUT2D eigenvalue weighted by atomic mass is 10.1. The van der Waals surface area contributed by atoms with Crippen molar-refractivity contribution in [2.24, 2.45) is 0 Å². The molecule has 2 aliphatic heterocycles. The number of nitrogens with one attached hydrogen (secondary N) is 2. The Hall–Kier alpha value is -2.19. The van der Waals surface area contributed by atoms with Gasteiger partial charge in [-0.3, -0.25) is 0 Å². The van der Waals surface area contributed by atoms with Crippen LogP contribution in [0.3, 0.4) is 0 Å². The second-order valence-corrected chi connectivity index (χ2v) is 7.26. The molecule has 0 aromatic heterocycles. The number of carbonyl (C=O) groups is 2. The lowest BCUT2D eigenvalue weighted by Gasteiger charge is -2.32. The molecule has 8 nitrogen and oxygen atoms in total. The highest BCUT2D eigenvalue weighted by molar-refractivity contribution is 6.31. The van der Waals surface area contributed by atoms with Gasteiger partial charge in [0, 0.05) is 37.2 Å². The highest BCUT2D eigenvalue weighted by Crippen LogP contribution is 2.30. The number of benzene rings is 1. The topological polar surface area (TPSA) is 83.1 Å². The summed E-state index contributed by atoms with van der Waals surface area (Å²) in [5.74, 6) is 0. The number of urea groups is 1. The van der Waals surface area contributed by atoms with Crippen molar-refractivity contribution >= 4 is 35.1 Å². The Morgan fingerprint density at radius 3 is 2.61 bits per heavy atom. The second kappa shape index (κ2) is 9.84. The van der Waals surface area contributed by atoms with E-state index in [1.807, 2.05) is 12.1 Å². The molecule has 1 aromatic carbocycles. The largest absolute Gasteiger partial charge is 0.450 e. The zero-order valence-corrected chi connectivity index (χ0v) is 16.8. The van der Waals surface area contributed by atoms with Gasteiger partial charge in [0.2, 0.25) is 0 Å². The monoisotopic (exact) mass is 410 g/mol. The molecule has 2 aliphatic rings. The van der Waals surface area contributed by atoms with Gasteiger partial charge in [-0.1, -0.05) is 11.6 Å². The smallest absolute Gasteiger partial charge is 0.409 e. The number of nitrogens with zero attached hydrogens (tertiary/aromatic N) is 2. The van der Waals surface area contributed by atoms with Gasteiger partial charge in [-0.15, -0.1) is 0 Å². The molecule has 0 radical (unpaired) electrons. The third-order valence-corrected chi connectivity index (χ3v) is 5.15. The average Bonchev–Trinajstić information content (AvgIpc) is 2.69. The van der Waals surface area contributed by atoms with E-state index >= 15 is 0 Å². The molecule has 2 fully saturated rings. The van der Waals surface area contributed by atoms with Crippen molar-refractivity contribution in [1.82, 2.24) is 10.2 Å². The fourth-order valence-electron chi connectivity index (χ4n) is 3.45. The fraction of sp³-hybridized carbons (Fsp3) is 0.579. The Balaban J connectivity index is 1.55. The number of anilines is 2. The lowest BCUT2D eigenvalue weighted by molar-refractivity contribution is 0.0959. The van der Waals surface area contributed by atoms with E-state index in [0.717, 1.165) is 18.8 Å². The molecule has 1 aromatic rings. The van der Waals surface area contributed by atoms with E-state index in [1.54, 1.807) is 17.9 Å². The maximum Gasteiger partial charge on any atom is 0.409 e. The van der Waals surface area contributed by atoms with Crippen molar-refractivity contribution in [3.63, 3.8) is 0 Å². The van der Waals surface area contributed by atoms with Crippen LogP contribution in [0.1, 0.15) is 19.8 Å². The number of rotatable bonds is 4. The van der Waals surface area contributed by atoms with Gasteiger partial charge in [0.1, 0.15) is 0 Å². The van der Waals surface area contributed by atoms with E-state index in [1.165, 1.54) is 0 Å². The fourth-order valence-corrected chi connectivity index (χ4v) is 3.63. The highest BCUT2D eigenvalue weighted by Gasteiger charge is 2.25. The maximum atomic E-state index is 12.5. The van der Waals surface area contributed by atoms with Crippen LogP contribution in [0.2, 0.25) is 5.02 Å². The van der Waals surface area contributed by atoms with Crippen molar-refractivity contribution < 1.29 is 19.1 Å². The number of likely N-dealkylation sites (tertiary alicyclic amines) is 1. The third kappa shape index (κ3) is 5.42. The van der Waals surface area contributed by atoms with Crippen LogP contribution in [0.4, 0.5) is 21.0 Å². The summed E-state index contributed by atoms with van der Waals surface area (Å²) in [5.41, 5.74) is 1.61. The Bertz CT molecular complexity index is 689. The SMILES string of the molecule is CCOC(=O)N1CCC(NC(=O)Nc2cc(Cl)ccc2N2CCOCC2)CC1. The van der Waals surface area contributed by atoms with Crippen LogP contribution in [-0.4, -0.2) is 69.1 Å². The van der Waals surface area contributed by atoms with Crippen LogP contribution in [0.15, 0.2) is 18.2 Å². The number of amides is 3. The van der Waals surface area contributed by atoms with Crippen LogP contribution >= 0.6 is 11.6 Å². The first-order valence-electron chi connectivity index (χ1n) is 9.68. The molecular weight excluding hydrogens is 384 g/mol. The molecule has 2 heterocycles. The standard InChI is InChI=1S/C19H27ClN4O4/c1-2-28-19(26)24-7-5-15(6-8-24)21-18(25)22-16-13-14(20)3-4-17(16)23-9-11-27-12-10-23/h3-4,13,15H,2,5-12H2,1H3,(H2,21,22,25). The quantitative estimate of drug-likeness (QED) is 0.797. The predicted molar refractivity (Wildman–Crippen MR) is 108 cm³/mol. The number of halogens is 1. The molecular formula is C19H27ClN4O4. The molecule has 0 spiro atoms. The molecule has 2 saturated heterocycles. The minimum atomic E-state index is -0.292. The van der Waals surface area contributed by atoms with Gasteiger partial charge in [0.05, 0.1) is 31.2 Å². The van der Waals surface area contributed by atoms with E-state index in [4.69, 9.17) is 21.1 Å². The zero-order chi connectivity index (χ0) is 19.9. The number of ether oxygens (including phenoxy) is 2. The van der Waals surface area contributed by atoms with Crippen molar-refractivity contribution in [3.05, 3.63) is 23.2 Å². The molecule has 2 N–H and O–H groups in total. The Morgan fingerprint density at radius 1 is 1.21 bits per heavy atom. The Kier molecular flexibility index (Phi) is 7.22. The third-order valence-electron chi connectivity index (χ3n) is 4.91. The summed E-state index contributed by atoms with van der Waals surface area (Å²) in [7, 11) is 0. The molecule has 0 unspecified atom stereocenters. The zero-order valence-electron chi connectivity index (χ0n) is 16.1. The number of hydrogen-bond donors (Lipinski definition) is 2. The first-order chi connectivity index (χ1) is 13.6. The molecule has 0 atom stereocenters. The summed E-state index contributed by atoms with van der Waals surface area (Å²) >= 11 is 6.14. The molecule has 3 rings (SSSR count). The van der Waals surface area contributed by atoms with E-state index in [0.29, 0.717) is 56.5 Å². The van der Waals surface area contributed by atoms with Gasteiger partial charge in [-0.05, 0) is 38.0 Å². The van der Waals surface area contributed by atoms with Crippen molar-refractivity contribution in [1.29, 1.82) is 0 Å². The lowest BCUT2D eigenvalue weighted by Crippen LogP contribution is -2.47. The Morgan fingerprint density at radius 2 is 1.93 bits per heavy atom. The van der Waals surface area contributed by atoms with E-state index < -0.39 is 0 Å². The van der Waals surface area contributed by atoms with Crippen molar-refractivity contribution in [2.45, 2.75) is 25.8 Å². The second-order valence-electron chi connectivity index (χ2n) is 6.82. The highest BCUT2D eigenvalue weighted by atomic mass is 35.5. The van der Waals surface area contributed by atoms with Gasteiger partial charge < -0.3 is 29.9 Å². The first kappa shape index (κ1) is 20.5. The summed E-state index contributed by atoms with van der Waals surface area (Å²) in [5, 5.41) is 6.49. The van der Waals surface area contributed by atoms with E-state index in [9.17, 15) is 9.59 Å². The normalized spacial score (nSPS) is 17.9. The van der Waals surface area contributed by atoms with E-state index in [2.05, 4.69) is 15.5 Å². The van der Waals surface area contributed by atoms with Gasteiger partial charge in [0.15, 0.2) is 0 Å². The predicted octanol–water partition coefficient (Wildman–Crippen LogP) is 2.92. The number of hydrogen-bond acceptors (Lipinski definition) is 5. The van der Waals surface area contributed by atoms with Crippen LogP contribution in [-0.2, 0) is 9.47 Å². The van der Waals surface area contributed by atoms with Gasteiger partial charge in [-0.25, -0.2) is 9.59 Å². The molecule has 0 aliphatic carbocycles. The van der Waals surface area contributed by atoms with Gasteiger partial charge in [-0.2, -0.15) is 0 Å². The summed E-state index contributed by atoms with van der Waals surface area (Å²) in [6.45, 7) is 6.15. The summed E-state index contributed by atoms with van der Waals surface area (Å²) in [4.78, 5) is 28.1. The van der Waals surface area contributed by atoms with Crippen LogP contribution in [0, 0.1) is 0 Å². The Labute approximate surface area is 170 Å². The van der Waals surface area contributed by atoms with Crippen LogP contribution in [0.25, 0.3) is 0 Å². The van der Waals surface area contributed by atoms with Crippen molar-refractivity contribution in [3.8, 4) is 0 Å². The molecule has 0 saturated carbocycles. The van der Waals surface area contributed by atoms with Crippen LogP contribution < -0.4 is 15.5 Å². The molecule has 0 bridgehead atoms. The molecule has 3 amide bonds. The van der Waals surface area contributed by atoms with Crippen LogP contribution in [0.5, 0.6) is 0 Å². The minimum Gasteiger partial charge on any atom is -0.450 e. The van der Waals surface area contributed by atoms with Crippen molar-refractivity contribution in [2.75, 3.05) is 56.2 Å². The first-order valence-corrected chi connectivity index (χ1v) is 10.1. The maximum absolute atomic E-state index is 12.5. The summed E-state index contributed by atoms with van der Waals surface area (Å²) in [6.07, 6.45) is 1.09. The summed E-state index contributed by atoms with van der Waals surface area (Å²) in [6, 6.07) is 5.24.